The number of aromatic nitrogens is 1. The van der Waals surface area contributed by atoms with E-state index in [2.05, 4.69) is 10.7 Å². The summed E-state index contributed by atoms with van der Waals surface area (Å²) in [4.78, 5) is 4.75. The van der Waals surface area contributed by atoms with Crippen LogP contribution in [0.15, 0.2) is 5.38 Å². The number of rotatable bonds is 3. The first-order valence-electron chi connectivity index (χ1n) is 6.17. The van der Waals surface area contributed by atoms with Crippen LogP contribution in [0.3, 0.4) is 0 Å². The zero-order valence-electron chi connectivity index (χ0n) is 9.45. The minimum absolute atomic E-state index is 0.557. The lowest BCUT2D eigenvalue weighted by Gasteiger charge is -2.06. The maximum atomic E-state index is 5.41. The highest BCUT2D eigenvalue weighted by Gasteiger charge is 2.21. The van der Waals surface area contributed by atoms with Gasteiger partial charge in [-0.1, -0.05) is 0 Å². The highest BCUT2D eigenvalue weighted by Crippen LogP contribution is 2.27. The van der Waals surface area contributed by atoms with E-state index >= 15 is 0 Å². The smallest absolute Gasteiger partial charge is 0.0943 e. The van der Waals surface area contributed by atoms with Crippen molar-refractivity contribution in [2.24, 2.45) is 0 Å². The Kier molecular flexibility index (Phi) is 3.22. The van der Waals surface area contributed by atoms with E-state index in [0.717, 1.165) is 26.1 Å². The van der Waals surface area contributed by atoms with Crippen LogP contribution in [0.4, 0.5) is 0 Å². The third-order valence-electron chi connectivity index (χ3n) is 3.50. The Bertz CT molecular complexity index is 341. The molecule has 0 radical (unpaired) electrons. The Morgan fingerprint density at radius 3 is 3.25 bits per heavy atom. The van der Waals surface area contributed by atoms with Gasteiger partial charge in [-0.3, -0.25) is 0 Å². The van der Waals surface area contributed by atoms with Gasteiger partial charge in [-0.05, 0) is 25.8 Å². The Morgan fingerprint density at radius 1 is 1.50 bits per heavy atom. The largest absolute Gasteiger partial charge is 0.381 e. The van der Waals surface area contributed by atoms with Crippen LogP contribution in [0, 0.1) is 0 Å². The molecule has 0 spiro atoms. The van der Waals surface area contributed by atoms with Crippen molar-refractivity contribution in [2.45, 2.75) is 37.6 Å². The summed E-state index contributed by atoms with van der Waals surface area (Å²) < 4.78 is 5.41. The third-order valence-corrected chi connectivity index (χ3v) is 4.39. The predicted octanol–water partition coefficient (Wildman–Crippen LogP) is 1.94. The van der Waals surface area contributed by atoms with E-state index in [9.17, 15) is 0 Å². The second-order valence-corrected chi connectivity index (χ2v) is 5.67. The fourth-order valence-electron chi connectivity index (χ4n) is 2.52. The van der Waals surface area contributed by atoms with Crippen molar-refractivity contribution < 1.29 is 4.74 Å². The molecule has 2 saturated heterocycles. The second-order valence-electron chi connectivity index (χ2n) is 4.72. The summed E-state index contributed by atoms with van der Waals surface area (Å²) in [6.07, 6.45) is 4.88. The zero-order valence-corrected chi connectivity index (χ0v) is 10.3. The van der Waals surface area contributed by atoms with Crippen LogP contribution in [-0.4, -0.2) is 30.8 Å². The molecular weight excluding hydrogens is 220 g/mol. The average molecular weight is 238 g/mol. The summed E-state index contributed by atoms with van der Waals surface area (Å²) in [6.45, 7) is 2.95. The standard InChI is InChI=1S/C12H18N2OS/c1-2-10(13-4-1)6-12-14-11(8-16-12)9-3-5-15-7-9/h8-10,13H,1-7H2. The van der Waals surface area contributed by atoms with Crippen molar-refractivity contribution in [2.75, 3.05) is 19.8 Å². The van der Waals surface area contributed by atoms with Crippen molar-refractivity contribution in [1.82, 2.24) is 10.3 Å². The maximum absolute atomic E-state index is 5.41. The molecule has 0 saturated carbocycles. The monoisotopic (exact) mass is 238 g/mol. The number of nitrogens with zero attached hydrogens (tertiary/aromatic N) is 1. The Morgan fingerprint density at radius 2 is 2.50 bits per heavy atom. The molecule has 4 heteroatoms. The van der Waals surface area contributed by atoms with E-state index in [1.807, 2.05) is 11.3 Å². The molecule has 1 aromatic heterocycles. The molecule has 3 rings (SSSR count). The van der Waals surface area contributed by atoms with Crippen LogP contribution in [0.25, 0.3) is 0 Å². The number of ether oxygens (including phenoxy) is 1. The lowest BCUT2D eigenvalue weighted by molar-refractivity contribution is 0.193. The minimum Gasteiger partial charge on any atom is -0.381 e. The molecule has 3 heterocycles. The molecule has 88 valence electrons. The highest BCUT2D eigenvalue weighted by molar-refractivity contribution is 7.09. The van der Waals surface area contributed by atoms with Gasteiger partial charge < -0.3 is 10.1 Å². The summed E-state index contributed by atoms with van der Waals surface area (Å²) in [5.74, 6) is 0.557. The Labute approximate surface area is 100 Å². The van der Waals surface area contributed by atoms with Crippen LogP contribution in [-0.2, 0) is 11.2 Å². The van der Waals surface area contributed by atoms with Gasteiger partial charge in [0.25, 0.3) is 0 Å². The molecule has 2 fully saturated rings. The van der Waals surface area contributed by atoms with Gasteiger partial charge >= 0.3 is 0 Å². The van der Waals surface area contributed by atoms with Gasteiger partial charge in [0.05, 0.1) is 17.3 Å². The van der Waals surface area contributed by atoms with Crippen LogP contribution < -0.4 is 5.32 Å². The van der Waals surface area contributed by atoms with Crippen LogP contribution in [0.1, 0.15) is 35.9 Å². The summed E-state index contributed by atoms with van der Waals surface area (Å²) in [7, 11) is 0. The third kappa shape index (κ3) is 2.29. The van der Waals surface area contributed by atoms with Gasteiger partial charge in [0.1, 0.15) is 0 Å². The topological polar surface area (TPSA) is 34.2 Å². The SMILES string of the molecule is c1sc(CC2CCCN2)nc1C1CCOC1. The van der Waals surface area contributed by atoms with Gasteiger partial charge in [0.2, 0.25) is 0 Å². The first-order chi connectivity index (χ1) is 7.92. The molecule has 0 aliphatic carbocycles. The van der Waals surface area contributed by atoms with E-state index in [4.69, 9.17) is 9.72 Å². The van der Waals surface area contributed by atoms with E-state index in [1.54, 1.807) is 0 Å². The highest BCUT2D eigenvalue weighted by atomic mass is 32.1. The molecule has 0 amide bonds. The first-order valence-corrected chi connectivity index (χ1v) is 7.05. The van der Waals surface area contributed by atoms with Gasteiger partial charge in [-0.25, -0.2) is 4.98 Å². The number of hydrogen-bond acceptors (Lipinski definition) is 4. The first kappa shape index (κ1) is 10.7. The summed E-state index contributed by atoms with van der Waals surface area (Å²) in [6, 6.07) is 0.666. The van der Waals surface area contributed by atoms with E-state index in [1.165, 1.54) is 30.1 Å². The fourth-order valence-corrected chi connectivity index (χ4v) is 3.47. The van der Waals surface area contributed by atoms with Crippen LogP contribution >= 0.6 is 11.3 Å². The normalized spacial score (nSPS) is 30.0. The van der Waals surface area contributed by atoms with Gasteiger partial charge in [0, 0.05) is 30.4 Å². The van der Waals surface area contributed by atoms with E-state index in [0.29, 0.717) is 12.0 Å². The van der Waals surface area contributed by atoms with Crippen molar-refractivity contribution in [3.05, 3.63) is 16.1 Å². The maximum Gasteiger partial charge on any atom is 0.0943 e. The van der Waals surface area contributed by atoms with Gasteiger partial charge in [0.15, 0.2) is 0 Å². The molecule has 2 atom stereocenters. The zero-order chi connectivity index (χ0) is 10.8. The minimum atomic E-state index is 0.557. The summed E-state index contributed by atoms with van der Waals surface area (Å²) in [5.41, 5.74) is 1.26. The number of thiazole rings is 1. The molecule has 1 aromatic rings. The second kappa shape index (κ2) is 4.82. The molecule has 2 aliphatic heterocycles. The van der Waals surface area contributed by atoms with Crippen molar-refractivity contribution in [3.8, 4) is 0 Å². The Balaban J connectivity index is 1.62. The van der Waals surface area contributed by atoms with Crippen LogP contribution in [0.5, 0.6) is 0 Å². The molecule has 2 aliphatic rings. The predicted molar refractivity (Wildman–Crippen MR) is 65.0 cm³/mol. The van der Waals surface area contributed by atoms with E-state index in [-0.39, 0.29) is 0 Å². The molecule has 1 N–H and O–H groups in total. The lowest BCUT2D eigenvalue weighted by atomic mass is 10.1. The van der Waals surface area contributed by atoms with Gasteiger partial charge in [-0.2, -0.15) is 0 Å². The quantitative estimate of drug-likeness (QED) is 0.874. The molecular formula is C12H18N2OS. The fraction of sp³-hybridized carbons (Fsp3) is 0.750. The van der Waals surface area contributed by atoms with Crippen LogP contribution in [0.2, 0.25) is 0 Å². The summed E-state index contributed by atoms with van der Waals surface area (Å²) >= 11 is 1.82. The van der Waals surface area contributed by atoms with Crippen molar-refractivity contribution in [3.63, 3.8) is 0 Å². The molecule has 3 nitrogen and oxygen atoms in total. The Hall–Kier alpha value is -0.450. The number of nitrogens with one attached hydrogen (secondary N) is 1. The average Bonchev–Trinajstić information content (AvgIpc) is 2.99. The van der Waals surface area contributed by atoms with Crippen molar-refractivity contribution in [1.29, 1.82) is 0 Å². The summed E-state index contributed by atoms with van der Waals surface area (Å²) in [5, 5.41) is 7.04. The molecule has 0 aromatic carbocycles. The molecule has 0 bridgehead atoms. The lowest BCUT2D eigenvalue weighted by Crippen LogP contribution is -2.23. The van der Waals surface area contributed by atoms with Crippen molar-refractivity contribution >= 4 is 11.3 Å². The molecule has 16 heavy (non-hydrogen) atoms. The number of hydrogen-bond donors (Lipinski definition) is 1. The van der Waals surface area contributed by atoms with Gasteiger partial charge in [-0.15, -0.1) is 11.3 Å². The van der Waals surface area contributed by atoms with E-state index < -0.39 is 0 Å². The molecule has 2 unspecified atom stereocenters.